The molecular formula is C14H18FNO3S. The van der Waals surface area contributed by atoms with E-state index in [-0.39, 0.29) is 23.3 Å². The molecule has 6 heteroatoms. The lowest BCUT2D eigenvalue weighted by molar-refractivity contribution is -0.119. The van der Waals surface area contributed by atoms with Gasteiger partial charge in [0.15, 0.2) is 0 Å². The first kappa shape index (κ1) is 16.5. The third-order valence-corrected chi connectivity index (χ3v) is 3.88. The fraction of sp³-hybridized carbons (Fsp3) is 0.429. The summed E-state index contributed by atoms with van der Waals surface area (Å²) in [6, 6.07) is 3.97. The molecule has 0 aliphatic rings. The van der Waals surface area contributed by atoms with E-state index in [2.05, 4.69) is 5.32 Å². The van der Waals surface area contributed by atoms with Crippen molar-refractivity contribution < 1.29 is 19.1 Å². The average molecular weight is 299 g/mol. The Morgan fingerprint density at radius 3 is 2.55 bits per heavy atom. The van der Waals surface area contributed by atoms with Crippen molar-refractivity contribution in [3.63, 3.8) is 0 Å². The number of carbonyl (C=O) groups excluding carboxylic acids is 1. The van der Waals surface area contributed by atoms with Crippen LogP contribution >= 0.6 is 11.8 Å². The summed E-state index contributed by atoms with van der Waals surface area (Å²) in [4.78, 5) is 23.1. The van der Waals surface area contributed by atoms with Crippen LogP contribution in [0.5, 0.6) is 0 Å². The van der Waals surface area contributed by atoms with E-state index in [0.717, 1.165) is 18.9 Å². The lowest BCUT2D eigenvalue weighted by Crippen LogP contribution is -2.34. The predicted molar refractivity (Wildman–Crippen MR) is 76.6 cm³/mol. The highest BCUT2D eigenvalue weighted by Gasteiger charge is 2.13. The van der Waals surface area contributed by atoms with Crippen molar-refractivity contribution in [2.75, 3.05) is 5.75 Å². The molecule has 0 saturated carbocycles. The molecule has 1 aromatic rings. The zero-order chi connectivity index (χ0) is 15.1. The second kappa shape index (κ2) is 7.89. The van der Waals surface area contributed by atoms with Gasteiger partial charge in [-0.15, -0.1) is 11.8 Å². The van der Waals surface area contributed by atoms with Gasteiger partial charge >= 0.3 is 5.97 Å². The van der Waals surface area contributed by atoms with Crippen LogP contribution in [0.2, 0.25) is 0 Å². The van der Waals surface area contributed by atoms with E-state index in [1.165, 1.54) is 23.9 Å². The molecule has 0 heterocycles. The maximum Gasteiger partial charge on any atom is 0.338 e. The molecule has 0 radical (unpaired) electrons. The van der Waals surface area contributed by atoms with E-state index in [0.29, 0.717) is 4.90 Å². The average Bonchev–Trinajstić information content (AvgIpc) is 2.43. The second-order valence-corrected chi connectivity index (χ2v) is 5.37. The summed E-state index contributed by atoms with van der Waals surface area (Å²) in [7, 11) is 0. The number of hydrogen-bond donors (Lipinski definition) is 2. The number of rotatable bonds is 7. The molecule has 0 atom stereocenters. The van der Waals surface area contributed by atoms with Crippen LogP contribution in [-0.2, 0) is 4.79 Å². The van der Waals surface area contributed by atoms with Gasteiger partial charge in [-0.3, -0.25) is 4.79 Å². The van der Waals surface area contributed by atoms with E-state index >= 15 is 0 Å². The van der Waals surface area contributed by atoms with Crippen LogP contribution < -0.4 is 5.32 Å². The monoisotopic (exact) mass is 299 g/mol. The van der Waals surface area contributed by atoms with Crippen LogP contribution in [0.1, 0.15) is 37.0 Å². The van der Waals surface area contributed by atoms with E-state index in [9.17, 15) is 14.0 Å². The normalized spacial score (nSPS) is 10.6. The molecule has 0 saturated heterocycles. The summed E-state index contributed by atoms with van der Waals surface area (Å²) in [6.45, 7) is 4.00. The van der Waals surface area contributed by atoms with Crippen molar-refractivity contribution in [2.24, 2.45) is 0 Å². The maximum absolute atomic E-state index is 13.2. The van der Waals surface area contributed by atoms with Crippen LogP contribution in [0.25, 0.3) is 0 Å². The molecule has 2 N–H and O–H groups in total. The van der Waals surface area contributed by atoms with Gasteiger partial charge in [0.25, 0.3) is 0 Å². The summed E-state index contributed by atoms with van der Waals surface area (Å²) in [5.41, 5.74) is -0.379. The van der Waals surface area contributed by atoms with E-state index in [1.807, 2.05) is 13.8 Å². The number of benzene rings is 1. The van der Waals surface area contributed by atoms with Crippen molar-refractivity contribution in [3.8, 4) is 0 Å². The minimum Gasteiger partial charge on any atom is -0.478 e. The van der Waals surface area contributed by atoms with Gasteiger partial charge in [0.05, 0.1) is 11.3 Å². The number of carboxylic acid groups (broad SMARTS) is 1. The quantitative estimate of drug-likeness (QED) is 0.760. The van der Waals surface area contributed by atoms with Gasteiger partial charge in [-0.25, -0.2) is 9.18 Å². The van der Waals surface area contributed by atoms with E-state index in [4.69, 9.17) is 5.11 Å². The molecule has 20 heavy (non-hydrogen) atoms. The van der Waals surface area contributed by atoms with Crippen LogP contribution in [0, 0.1) is 5.82 Å². The molecule has 0 aromatic heterocycles. The minimum atomic E-state index is -1.31. The Morgan fingerprint density at radius 1 is 1.35 bits per heavy atom. The highest BCUT2D eigenvalue weighted by molar-refractivity contribution is 8.00. The number of thioether (sulfide) groups is 1. The molecule has 1 aromatic carbocycles. The predicted octanol–water partition coefficient (Wildman–Crippen LogP) is 2.92. The molecule has 0 bridgehead atoms. The fourth-order valence-corrected chi connectivity index (χ4v) is 2.42. The van der Waals surface area contributed by atoms with Gasteiger partial charge in [0.2, 0.25) is 5.91 Å². The zero-order valence-electron chi connectivity index (χ0n) is 11.5. The Balaban J connectivity index is 2.60. The van der Waals surface area contributed by atoms with Crippen molar-refractivity contribution in [3.05, 3.63) is 29.6 Å². The van der Waals surface area contributed by atoms with Gasteiger partial charge in [0, 0.05) is 10.9 Å². The standard InChI is InChI=1S/C14H18FNO3S/c1-3-9(4-2)16-13(17)8-20-10-5-6-12(15)11(7-10)14(18)19/h5-7,9H,3-4,8H2,1-2H3,(H,16,17)(H,18,19). The van der Waals surface area contributed by atoms with Crippen molar-refractivity contribution in [1.82, 2.24) is 5.32 Å². The van der Waals surface area contributed by atoms with Crippen molar-refractivity contribution in [1.29, 1.82) is 0 Å². The molecule has 0 aliphatic heterocycles. The Hall–Kier alpha value is -1.56. The molecular weight excluding hydrogens is 281 g/mol. The van der Waals surface area contributed by atoms with Crippen LogP contribution in [-0.4, -0.2) is 28.8 Å². The largest absolute Gasteiger partial charge is 0.478 e. The molecule has 0 spiro atoms. The number of carbonyl (C=O) groups is 2. The number of carboxylic acids is 1. The first-order valence-corrected chi connectivity index (χ1v) is 7.41. The third-order valence-electron chi connectivity index (χ3n) is 2.89. The van der Waals surface area contributed by atoms with Gasteiger partial charge in [-0.1, -0.05) is 13.8 Å². The van der Waals surface area contributed by atoms with Crippen LogP contribution in [0.3, 0.4) is 0 Å². The molecule has 0 aliphatic carbocycles. The lowest BCUT2D eigenvalue weighted by Gasteiger charge is -2.14. The Kier molecular flexibility index (Phi) is 6.51. The Morgan fingerprint density at radius 2 is 2.00 bits per heavy atom. The van der Waals surface area contributed by atoms with Gasteiger partial charge in [-0.2, -0.15) is 0 Å². The van der Waals surface area contributed by atoms with Gasteiger partial charge in [0.1, 0.15) is 5.82 Å². The van der Waals surface area contributed by atoms with E-state index < -0.39 is 11.8 Å². The minimum absolute atomic E-state index is 0.107. The molecule has 0 unspecified atom stereocenters. The first-order chi connectivity index (χ1) is 9.47. The number of nitrogens with one attached hydrogen (secondary N) is 1. The summed E-state index contributed by atoms with van der Waals surface area (Å²) in [6.07, 6.45) is 1.74. The van der Waals surface area contributed by atoms with Crippen LogP contribution in [0.4, 0.5) is 4.39 Å². The molecule has 0 fully saturated rings. The third kappa shape index (κ3) is 4.85. The summed E-state index contributed by atoms with van der Waals surface area (Å²) in [5, 5.41) is 11.7. The second-order valence-electron chi connectivity index (χ2n) is 4.32. The topological polar surface area (TPSA) is 66.4 Å². The molecule has 4 nitrogen and oxygen atoms in total. The Labute approximate surface area is 121 Å². The number of aromatic carboxylic acids is 1. The first-order valence-electron chi connectivity index (χ1n) is 6.42. The van der Waals surface area contributed by atoms with Gasteiger partial charge < -0.3 is 10.4 Å². The summed E-state index contributed by atoms with van der Waals surface area (Å²) in [5.74, 6) is -2.01. The Bertz CT molecular complexity index is 489. The molecule has 110 valence electrons. The van der Waals surface area contributed by atoms with E-state index in [1.54, 1.807) is 0 Å². The van der Waals surface area contributed by atoms with Crippen LogP contribution in [0.15, 0.2) is 23.1 Å². The maximum atomic E-state index is 13.2. The molecule has 1 rings (SSSR count). The summed E-state index contributed by atoms with van der Waals surface area (Å²) < 4.78 is 13.2. The lowest BCUT2D eigenvalue weighted by atomic mass is 10.2. The van der Waals surface area contributed by atoms with Crippen molar-refractivity contribution >= 4 is 23.6 Å². The molecule has 1 amide bonds. The fourth-order valence-electron chi connectivity index (χ4n) is 1.67. The highest BCUT2D eigenvalue weighted by Crippen LogP contribution is 2.21. The highest BCUT2D eigenvalue weighted by atomic mass is 32.2. The summed E-state index contributed by atoms with van der Waals surface area (Å²) >= 11 is 1.19. The van der Waals surface area contributed by atoms with Crippen molar-refractivity contribution in [2.45, 2.75) is 37.6 Å². The smallest absolute Gasteiger partial charge is 0.338 e. The number of hydrogen-bond acceptors (Lipinski definition) is 3. The number of amides is 1. The SMILES string of the molecule is CCC(CC)NC(=O)CSc1ccc(F)c(C(=O)O)c1. The zero-order valence-corrected chi connectivity index (χ0v) is 12.3. The number of halogens is 1. The van der Waals surface area contributed by atoms with Gasteiger partial charge in [-0.05, 0) is 31.0 Å².